The lowest BCUT2D eigenvalue weighted by Crippen LogP contribution is -2.28. The highest BCUT2D eigenvalue weighted by atomic mass is 32.2. The van der Waals surface area contributed by atoms with Gasteiger partial charge >= 0.3 is 0 Å². The Morgan fingerprint density at radius 1 is 1.03 bits per heavy atom. The van der Waals surface area contributed by atoms with E-state index >= 15 is 0 Å². The summed E-state index contributed by atoms with van der Waals surface area (Å²) in [5, 5.41) is 2.91. The zero-order valence-corrected chi connectivity index (χ0v) is 20.1. The molecule has 2 aromatic rings. The van der Waals surface area contributed by atoms with Gasteiger partial charge in [0, 0.05) is 12.6 Å². The third-order valence-electron chi connectivity index (χ3n) is 4.73. The molecule has 8 nitrogen and oxygen atoms in total. The predicted molar refractivity (Wildman–Crippen MR) is 122 cm³/mol. The number of hydrogen-bond acceptors (Lipinski definition) is 6. The summed E-state index contributed by atoms with van der Waals surface area (Å²) in [4.78, 5) is 17.6. The molecular weight excluding hydrogens is 432 g/mol. The summed E-state index contributed by atoms with van der Waals surface area (Å²) in [6.45, 7) is 7.06. The number of nitrogens with one attached hydrogen (secondary N) is 1. The van der Waals surface area contributed by atoms with Crippen molar-refractivity contribution in [2.45, 2.75) is 44.6 Å². The number of carbonyl (C=O) groups excluding carboxylic acids is 1. The molecule has 0 aliphatic carbocycles. The van der Waals surface area contributed by atoms with E-state index in [0.29, 0.717) is 24.7 Å². The van der Waals surface area contributed by atoms with E-state index in [4.69, 9.17) is 14.3 Å². The molecule has 1 amide bonds. The van der Waals surface area contributed by atoms with E-state index in [1.165, 1.54) is 32.4 Å². The lowest BCUT2D eigenvalue weighted by atomic mass is 10.1. The van der Waals surface area contributed by atoms with Crippen LogP contribution in [0, 0.1) is 0 Å². The normalized spacial score (nSPS) is 12.4. The molecule has 0 aliphatic rings. The molecule has 0 fully saturated rings. The molecule has 1 atom stereocenters. The lowest BCUT2D eigenvalue weighted by Gasteiger charge is -2.18. The van der Waals surface area contributed by atoms with Crippen LogP contribution in [0.4, 0.5) is 0 Å². The zero-order valence-electron chi connectivity index (χ0n) is 19.3. The fourth-order valence-electron chi connectivity index (χ4n) is 2.86. The molecule has 0 bridgehead atoms. The summed E-state index contributed by atoms with van der Waals surface area (Å²) in [6, 6.07) is 11.1. The van der Waals surface area contributed by atoms with Crippen molar-refractivity contribution in [2.24, 2.45) is 0 Å². The Balaban J connectivity index is 2.21. The van der Waals surface area contributed by atoms with Gasteiger partial charge in [-0.1, -0.05) is 30.4 Å². The summed E-state index contributed by atoms with van der Waals surface area (Å²) < 4.78 is 37.2. The van der Waals surface area contributed by atoms with Crippen molar-refractivity contribution in [3.8, 4) is 11.5 Å². The molecule has 1 unspecified atom stereocenters. The van der Waals surface area contributed by atoms with E-state index in [9.17, 15) is 13.2 Å². The minimum Gasteiger partial charge on any atom is -0.490 e. The van der Waals surface area contributed by atoms with Crippen LogP contribution in [-0.2, 0) is 14.9 Å². The summed E-state index contributed by atoms with van der Waals surface area (Å²) in [7, 11) is -1.31. The molecule has 0 aromatic heterocycles. The number of nitrogens with zero attached hydrogens (tertiary/aromatic N) is 1. The van der Waals surface area contributed by atoms with Crippen LogP contribution < -0.4 is 14.8 Å². The van der Waals surface area contributed by atoms with Crippen molar-refractivity contribution < 1.29 is 27.5 Å². The number of benzene rings is 2. The molecular formula is C23H32N2O6S. The number of rotatable bonds is 12. The smallest absolute Gasteiger partial charge is 0.264 e. The molecule has 176 valence electrons. The molecule has 32 heavy (non-hydrogen) atoms. The van der Waals surface area contributed by atoms with Crippen LogP contribution in [0.1, 0.15) is 55.6 Å². The van der Waals surface area contributed by atoms with Gasteiger partial charge in [0.15, 0.2) is 11.5 Å². The van der Waals surface area contributed by atoms with Gasteiger partial charge in [0.05, 0.1) is 31.3 Å². The topological polar surface area (TPSA) is 94.2 Å². The second kappa shape index (κ2) is 11.8. The third kappa shape index (κ3) is 6.44. The van der Waals surface area contributed by atoms with Crippen LogP contribution in [0.15, 0.2) is 47.4 Å². The van der Waals surface area contributed by atoms with Crippen LogP contribution in [-0.4, -0.2) is 46.2 Å². The Bertz CT molecular complexity index is 1010. The third-order valence-corrected chi connectivity index (χ3v) is 6.40. The number of carbonyl (C=O) groups is 1. The van der Waals surface area contributed by atoms with Crippen LogP contribution in [0.5, 0.6) is 11.5 Å². The van der Waals surface area contributed by atoms with Crippen molar-refractivity contribution in [1.82, 2.24) is 9.79 Å². The summed E-state index contributed by atoms with van der Waals surface area (Å²) in [5.74, 6) is 0.911. The van der Waals surface area contributed by atoms with Crippen molar-refractivity contribution in [2.75, 3.05) is 27.4 Å². The Morgan fingerprint density at radius 3 is 2.31 bits per heavy atom. The van der Waals surface area contributed by atoms with Crippen molar-refractivity contribution in [1.29, 1.82) is 0 Å². The maximum Gasteiger partial charge on any atom is 0.264 e. The second-order valence-corrected chi connectivity index (χ2v) is 9.16. The maximum atomic E-state index is 12.8. The lowest BCUT2D eigenvalue weighted by molar-refractivity contribution is -0.0258. The fourth-order valence-corrected chi connectivity index (χ4v) is 3.88. The standard InChI is InChI=1S/C23H32N2O6S/c1-6-13-30-21-12-11-18(16-22(21)31-14-7-2)17(3)24-23(26)19-9-8-10-20(15-19)32(27,28)25(4)29-5/h8-12,15-17H,6-7,13-14H2,1-5H3,(H,24,26). The molecule has 0 spiro atoms. The van der Waals surface area contributed by atoms with Crippen LogP contribution in [0.25, 0.3) is 0 Å². The number of sulfonamides is 1. The van der Waals surface area contributed by atoms with Gasteiger partial charge < -0.3 is 14.8 Å². The monoisotopic (exact) mass is 464 g/mol. The first-order valence-corrected chi connectivity index (χ1v) is 12.0. The first kappa shape index (κ1) is 25.6. The largest absolute Gasteiger partial charge is 0.490 e. The molecule has 0 heterocycles. The van der Waals surface area contributed by atoms with Crippen LogP contribution in [0.3, 0.4) is 0 Å². The highest BCUT2D eigenvalue weighted by Gasteiger charge is 2.22. The Labute approximate surface area is 190 Å². The first-order valence-electron chi connectivity index (χ1n) is 10.6. The van der Waals surface area contributed by atoms with E-state index in [0.717, 1.165) is 22.9 Å². The second-order valence-electron chi connectivity index (χ2n) is 7.22. The van der Waals surface area contributed by atoms with E-state index < -0.39 is 15.9 Å². The van der Waals surface area contributed by atoms with E-state index in [1.807, 2.05) is 39.0 Å². The van der Waals surface area contributed by atoms with Gasteiger partial charge in [-0.2, -0.15) is 0 Å². The van der Waals surface area contributed by atoms with Crippen molar-refractivity contribution in [3.63, 3.8) is 0 Å². The summed E-state index contributed by atoms with van der Waals surface area (Å²) in [5.41, 5.74) is 1.07. The quantitative estimate of drug-likeness (QED) is 0.478. The van der Waals surface area contributed by atoms with Gasteiger partial charge in [-0.3, -0.25) is 9.63 Å². The van der Waals surface area contributed by atoms with E-state index in [2.05, 4.69) is 5.32 Å². The molecule has 2 rings (SSSR count). The predicted octanol–water partition coefficient (Wildman–Crippen LogP) is 3.94. The fraction of sp³-hybridized carbons (Fsp3) is 0.435. The zero-order chi connectivity index (χ0) is 23.7. The van der Waals surface area contributed by atoms with Crippen molar-refractivity contribution in [3.05, 3.63) is 53.6 Å². The molecule has 9 heteroatoms. The Morgan fingerprint density at radius 2 is 1.69 bits per heavy atom. The van der Waals surface area contributed by atoms with E-state index in [1.54, 1.807) is 6.07 Å². The number of hydrogen-bond donors (Lipinski definition) is 1. The first-order chi connectivity index (χ1) is 15.2. The van der Waals surface area contributed by atoms with Gasteiger partial charge in [-0.15, -0.1) is 0 Å². The maximum absolute atomic E-state index is 12.8. The molecule has 0 saturated carbocycles. The van der Waals surface area contributed by atoms with Gasteiger partial charge in [0.1, 0.15) is 0 Å². The summed E-state index contributed by atoms with van der Waals surface area (Å²) in [6.07, 6.45) is 1.75. The highest BCUT2D eigenvalue weighted by molar-refractivity contribution is 7.89. The van der Waals surface area contributed by atoms with Gasteiger partial charge in [-0.05, 0) is 55.7 Å². The van der Waals surface area contributed by atoms with Gasteiger partial charge in [-0.25, -0.2) is 8.42 Å². The minimum atomic E-state index is -3.85. The molecule has 0 aliphatic heterocycles. The summed E-state index contributed by atoms with van der Waals surface area (Å²) >= 11 is 0. The minimum absolute atomic E-state index is 0.0326. The SMILES string of the molecule is CCCOc1ccc(C(C)NC(=O)c2cccc(S(=O)(=O)N(C)OC)c2)cc1OCCC. The average molecular weight is 465 g/mol. The van der Waals surface area contributed by atoms with Crippen LogP contribution in [0.2, 0.25) is 0 Å². The van der Waals surface area contributed by atoms with Gasteiger partial charge in [0.2, 0.25) is 0 Å². The molecule has 1 N–H and O–H groups in total. The molecule has 0 saturated heterocycles. The average Bonchev–Trinajstić information content (AvgIpc) is 2.80. The van der Waals surface area contributed by atoms with Crippen LogP contribution >= 0.6 is 0 Å². The van der Waals surface area contributed by atoms with Crippen molar-refractivity contribution >= 4 is 15.9 Å². The van der Waals surface area contributed by atoms with E-state index in [-0.39, 0.29) is 16.5 Å². The number of ether oxygens (including phenoxy) is 2. The Hall–Kier alpha value is -2.62. The number of hydroxylamine groups is 1. The highest BCUT2D eigenvalue weighted by Crippen LogP contribution is 2.31. The molecule has 2 aromatic carbocycles. The molecule has 0 radical (unpaired) electrons. The van der Waals surface area contributed by atoms with Gasteiger partial charge in [0.25, 0.3) is 15.9 Å². The number of amides is 1. The Kier molecular flexibility index (Phi) is 9.49.